The van der Waals surface area contributed by atoms with Gasteiger partial charge in [-0.2, -0.15) is 0 Å². The van der Waals surface area contributed by atoms with Crippen molar-refractivity contribution in [3.8, 4) is 0 Å². The third kappa shape index (κ3) is 4.74. The summed E-state index contributed by atoms with van der Waals surface area (Å²) in [6, 6.07) is 8.81. The molecule has 1 saturated heterocycles. The molecule has 7 nitrogen and oxygen atoms in total. The lowest BCUT2D eigenvalue weighted by Gasteiger charge is -2.33. The van der Waals surface area contributed by atoms with Crippen LogP contribution in [0.1, 0.15) is 25.8 Å². The molecule has 0 aromatic heterocycles. The summed E-state index contributed by atoms with van der Waals surface area (Å²) in [5.41, 5.74) is 1.13. The molecule has 0 radical (unpaired) electrons. The Morgan fingerprint density at radius 1 is 1.30 bits per heavy atom. The Morgan fingerprint density at radius 3 is 2.57 bits per heavy atom. The number of aliphatic hydroxyl groups is 1. The van der Waals surface area contributed by atoms with Crippen LogP contribution in [0.2, 0.25) is 0 Å². The first kappa shape index (κ1) is 17.9. The van der Waals surface area contributed by atoms with Gasteiger partial charge in [-0.3, -0.25) is 10.1 Å². The predicted molar refractivity (Wildman–Crippen MR) is 86.8 cm³/mol. The SMILES string of the molecule is CC(CCc1ccccc1)NS(=O)(=O)C1C(=O)NC(O)NC1C. The molecular formula is C15H23N3O4S. The second-order valence-electron chi connectivity index (χ2n) is 5.88. The molecule has 1 amide bonds. The number of benzene rings is 1. The molecule has 0 spiro atoms. The number of amides is 1. The van der Waals surface area contributed by atoms with E-state index in [-0.39, 0.29) is 6.04 Å². The van der Waals surface area contributed by atoms with Crippen molar-refractivity contribution in [1.82, 2.24) is 15.4 Å². The van der Waals surface area contributed by atoms with Crippen LogP contribution in [0, 0.1) is 0 Å². The Balaban J connectivity index is 1.96. The summed E-state index contributed by atoms with van der Waals surface area (Å²) in [5, 5.41) is 12.9. The van der Waals surface area contributed by atoms with Gasteiger partial charge in [-0.05, 0) is 32.3 Å². The molecule has 8 heteroatoms. The number of hydrogen-bond donors (Lipinski definition) is 4. The van der Waals surface area contributed by atoms with E-state index in [1.165, 1.54) is 0 Å². The predicted octanol–water partition coefficient (Wildman–Crippen LogP) is -0.320. The van der Waals surface area contributed by atoms with Crippen LogP contribution in [0.5, 0.6) is 0 Å². The van der Waals surface area contributed by atoms with Crippen LogP contribution < -0.4 is 15.4 Å². The normalized spacial score (nSPS) is 26.6. The van der Waals surface area contributed by atoms with E-state index in [4.69, 9.17) is 0 Å². The molecule has 1 aliphatic heterocycles. The lowest BCUT2D eigenvalue weighted by atomic mass is 10.1. The first-order valence-corrected chi connectivity index (χ1v) is 9.14. The Bertz CT molecular complexity index is 635. The quantitative estimate of drug-likeness (QED) is 0.567. The average molecular weight is 341 g/mol. The van der Waals surface area contributed by atoms with Gasteiger partial charge < -0.3 is 10.4 Å². The van der Waals surface area contributed by atoms with Gasteiger partial charge in [0.1, 0.15) is 0 Å². The monoisotopic (exact) mass is 341 g/mol. The van der Waals surface area contributed by atoms with Gasteiger partial charge in [0.05, 0.1) is 0 Å². The summed E-state index contributed by atoms with van der Waals surface area (Å²) in [5.74, 6) is -0.702. The Morgan fingerprint density at radius 2 is 1.96 bits per heavy atom. The molecule has 2 rings (SSSR count). The van der Waals surface area contributed by atoms with Crippen molar-refractivity contribution in [2.75, 3.05) is 0 Å². The molecule has 23 heavy (non-hydrogen) atoms. The van der Waals surface area contributed by atoms with E-state index in [0.717, 1.165) is 12.0 Å². The van der Waals surface area contributed by atoms with Gasteiger partial charge in [0.25, 0.3) is 0 Å². The van der Waals surface area contributed by atoms with Crippen molar-refractivity contribution in [2.45, 2.75) is 50.4 Å². The maximum atomic E-state index is 12.4. The summed E-state index contributed by atoms with van der Waals surface area (Å²) < 4.78 is 27.4. The second-order valence-corrected chi connectivity index (χ2v) is 7.71. The molecule has 4 N–H and O–H groups in total. The molecule has 4 unspecified atom stereocenters. The fraction of sp³-hybridized carbons (Fsp3) is 0.533. The van der Waals surface area contributed by atoms with Crippen LogP contribution in [-0.2, 0) is 21.2 Å². The molecule has 1 aliphatic rings. The maximum Gasteiger partial charge on any atom is 0.244 e. The lowest BCUT2D eigenvalue weighted by molar-refractivity contribution is -0.127. The molecule has 1 aromatic rings. The van der Waals surface area contributed by atoms with Gasteiger partial charge in [0.15, 0.2) is 11.6 Å². The minimum atomic E-state index is -3.84. The lowest BCUT2D eigenvalue weighted by Crippen LogP contribution is -2.66. The zero-order chi connectivity index (χ0) is 17.0. The number of nitrogens with one attached hydrogen (secondary N) is 3. The van der Waals surface area contributed by atoms with E-state index in [9.17, 15) is 18.3 Å². The topological polar surface area (TPSA) is 108 Å². The smallest absolute Gasteiger partial charge is 0.244 e. The van der Waals surface area contributed by atoms with Gasteiger partial charge in [0.2, 0.25) is 15.9 Å². The largest absolute Gasteiger partial charge is 0.361 e. The number of rotatable bonds is 6. The van der Waals surface area contributed by atoms with Crippen molar-refractivity contribution < 1.29 is 18.3 Å². The van der Waals surface area contributed by atoms with Crippen LogP contribution in [0.4, 0.5) is 0 Å². The third-order valence-corrected chi connectivity index (χ3v) is 5.84. The molecule has 4 atom stereocenters. The van der Waals surface area contributed by atoms with E-state index in [1.54, 1.807) is 13.8 Å². The molecule has 1 fully saturated rings. The van der Waals surface area contributed by atoms with Crippen molar-refractivity contribution in [3.63, 3.8) is 0 Å². The number of aliphatic hydroxyl groups excluding tert-OH is 1. The van der Waals surface area contributed by atoms with Crippen LogP contribution >= 0.6 is 0 Å². The van der Waals surface area contributed by atoms with Gasteiger partial charge in [-0.25, -0.2) is 13.1 Å². The van der Waals surface area contributed by atoms with Gasteiger partial charge in [-0.15, -0.1) is 0 Å². The Kier molecular flexibility index (Phi) is 5.74. The minimum Gasteiger partial charge on any atom is -0.361 e. The van der Waals surface area contributed by atoms with Gasteiger partial charge >= 0.3 is 0 Å². The first-order valence-electron chi connectivity index (χ1n) is 7.59. The van der Waals surface area contributed by atoms with Crippen molar-refractivity contribution >= 4 is 15.9 Å². The van der Waals surface area contributed by atoms with Gasteiger partial charge in [-0.1, -0.05) is 30.3 Å². The number of aryl methyl sites for hydroxylation is 1. The van der Waals surface area contributed by atoms with Crippen LogP contribution in [0.15, 0.2) is 30.3 Å². The highest BCUT2D eigenvalue weighted by Crippen LogP contribution is 2.12. The first-order chi connectivity index (χ1) is 10.8. The standard InChI is InChI=1S/C15H23N3O4S/c1-10(8-9-12-6-4-3-5-7-12)18-23(21,22)13-11(2)16-15(20)17-14(13)19/h3-7,10-11,13,15-16,18,20H,8-9H2,1-2H3,(H,17,19). The maximum absolute atomic E-state index is 12.4. The molecule has 0 bridgehead atoms. The van der Waals surface area contributed by atoms with E-state index in [2.05, 4.69) is 15.4 Å². The molecule has 1 aromatic carbocycles. The molecule has 0 saturated carbocycles. The summed E-state index contributed by atoms with van der Waals surface area (Å²) in [4.78, 5) is 11.9. The summed E-state index contributed by atoms with van der Waals surface area (Å²) in [6.07, 6.45) is 0.148. The van der Waals surface area contributed by atoms with Crippen LogP contribution in [0.3, 0.4) is 0 Å². The molecule has 128 valence electrons. The van der Waals surface area contributed by atoms with Crippen molar-refractivity contribution in [3.05, 3.63) is 35.9 Å². The molecule has 1 heterocycles. The highest BCUT2D eigenvalue weighted by molar-refractivity contribution is 7.91. The zero-order valence-electron chi connectivity index (χ0n) is 13.2. The molecular weight excluding hydrogens is 318 g/mol. The fourth-order valence-electron chi connectivity index (χ4n) is 2.67. The summed E-state index contributed by atoms with van der Waals surface area (Å²) in [6.45, 7) is 3.33. The second kappa shape index (κ2) is 7.39. The van der Waals surface area contributed by atoms with E-state index >= 15 is 0 Å². The van der Waals surface area contributed by atoms with Crippen LogP contribution in [0.25, 0.3) is 0 Å². The highest BCUT2D eigenvalue weighted by atomic mass is 32.2. The Labute approximate surface area is 136 Å². The molecule has 0 aliphatic carbocycles. The number of carbonyl (C=O) groups excluding carboxylic acids is 1. The van der Waals surface area contributed by atoms with E-state index in [1.807, 2.05) is 30.3 Å². The zero-order valence-corrected chi connectivity index (χ0v) is 14.0. The Hall–Kier alpha value is -1.48. The number of carbonyl (C=O) groups is 1. The van der Waals surface area contributed by atoms with Crippen molar-refractivity contribution in [1.29, 1.82) is 0 Å². The number of sulfonamides is 1. The summed E-state index contributed by atoms with van der Waals surface area (Å²) >= 11 is 0. The number of hydrogen-bond acceptors (Lipinski definition) is 5. The summed E-state index contributed by atoms with van der Waals surface area (Å²) in [7, 11) is -3.84. The van der Waals surface area contributed by atoms with Crippen molar-refractivity contribution in [2.24, 2.45) is 0 Å². The minimum absolute atomic E-state index is 0.299. The highest BCUT2D eigenvalue weighted by Gasteiger charge is 2.42. The average Bonchev–Trinajstić information content (AvgIpc) is 2.44. The third-order valence-electron chi connectivity index (χ3n) is 3.82. The van der Waals surface area contributed by atoms with Crippen LogP contribution in [-0.4, -0.2) is 43.1 Å². The van der Waals surface area contributed by atoms with E-state index in [0.29, 0.717) is 6.42 Å². The van der Waals surface area contributed by atoms with Gasteiger partial charge in [0, 0.05) is 12.1 Å². The van der Waals surface area contributed by atoms with E-state index < -0.39 is 33.6 Å². The fourth-order valence-corrected chi connectivity index (χ4v) is 4.46.